The Kier molecular flexibility index (Phi) is 2.26. The maximum absolute atomic E-state index is 12.0. The SMILES string of the molecule is CC1(C)COC2C(=O)NCCc3cccc1c32. The molecule has 0 saturated heterocycles. The summed E-state index contributed by atoms with van der Waals surface area (Å²) in [4.78, 5) is 12.0. The smallest absolute Gasteiger partial charge is 0.253 e. The molecule has 3 rings (SSSR count). The van der Waals surface area contributed by atoms with Gasteiger partial charge in [0.15, 0.2) is 6.10 Å². The van der Waals surface area contributed by atoms with Crippen LogP contribution in [0.1, 0.15) is 36.6 Å². The first kappa shape index (κ1) is 10.8. The zero-order valence-electron chi connectivity index (χ0n) is 10.2. The molecule has 0 bridgehead atoms. The molecule has 3 nitrogen and oxygen atoms in total. The molecular weight excluding hydrogens is 214 g/mol. The fraction of sp³-hybridized carbons (Fsp3) is 0.500. The van der Waals surface area contributed by atoms with Gasteiger partial charge in [-0.1, -0.05) is 32.0 Å². The average Bonchev–Trinajstić information content (AvgIpc) is 2.44. The van der Waals surface area contributed by atoms with Gasteiger partial charge in [0.2, 0.25) is 0 Å². The summed E-state index contributed by atoms with van der Waals surface area (Å²) in [6, 6.07) is 6.33. The first-order valence-corrected chi connectivity index (χ1v) is 6.11. The second kappa shape index (κ2) is 3.57. The van der Waals surface area contributed by atoms with Crippen LogP contribution >= 0.6 is 0 Å². The zero-order valence-corrected chi connectivity index (χ0v) is 10.2. The van der Waals surface area contributed by atoms with Gasteiger partial charge in [-0.2, -0.15) is 0 Å². The Morgan fingerprint density at radius 2 is 2.24 bits per heavy atom. The van der Waals surface area contributed by atoms with Crippen molar-refractivity contribution in [2.75, 3.05) is 13.2 Å². The summed E-state index contributed by atoms with van der Waals surface area (Å²) in [7, 11) is 0. The highest BCUT2D eigenvalue weighted by atomic mass is 16.5. The van der Waals surface area contributed by atoms with E-state index in [1.807, 2.05) is 0 Å². The standard InChI is InChI=1S/C14H17NO2/c1-14(2)8-17-12-11-9(4-3-5-10(11)14)6-7-15-13(12)16/h3-5,12H,6-8H2,1-2H3,(H,15,16). The molecule has 0 aliphatic carbocycles. The molecule has 3 heteroatoms. The first-order valence-electron chi connectivity index (χ1n) is 6.11. The van der Waals surface area contributed by atoms with E-state index in [1.54, 1.807) is 0 Å². The number of benzene rings is 1. The first-order chi connectivity index (χ1) is 8.09. The van der Waals surface area contributed by atoms with Gasteiger partial charge in [0, 0.05) is 12.0 Å². The molecule has 0 spiro atoms. The van der Waals surface area contributed by atoms with Crippen LogP contribution in [0.25, 0.3) is 0 Å². The molecule has 1 atom stereocenters. The largest absolute Gasteiger partial charge is 0.363 e. The molecular formula is C14H17NO2. The molecule has 0 fully saturated rings. The topological polar surface area (TPSA) is 38.3 Å². The Bertz CT molecular complexity index is 479. The van der Waals surface area contributed by atoms with Gasteiger partial charge < -0.3 is 10.1 Å². The summed E-state index contributed by atoms with van der Waals surface area (Å²) in [5, 5.41) is 2.92. The molecule has 1 amide bonds. The lowest BCUT2D eigenvalue weighted by atomic mass is 9.77. The van der Waals surface area contributed by atoms with Crippen LogP contribution in [-0.4, -0.2) is 19.1 Å². The van der Waals surface area contributed by atoms with E-state index in [0.717, 1.165) is 12.0 Å². The van der Waals surface area contributed by atoms with E-state index in [0.29, 0.717) is 13.2 Å². The van der Waals surface area contributed by atoms with Gasteiger partial charge in [-0.25, -0.2) is 0 Å². The molecule has 1 N–H and O–H groups in total. The van der Waals surface area contributed by atoms with Crippen molar-refractivity contribution in [1.82, 2.24) is 5.32 Å². The van der Waals surface area contributed by atoms with Gasteiger partial charge in [-0.15, -0.1) is 0 Å². The van der Waals surface area contributed by atoms with Gasteiger partial charge >= 0.3 is 0 Å². The van der Waals surface area contributed by atoms with Crippen LogP contribution in [0.15, 0.2) is 18.2 Å². The molecule has 1 unspecified atom stereocenters. The molecule has 2 heterocycles. The third-order valence-electron chi connectivity index (χ3n) is 3.73. The molecule has 2 aliphatic rings. The second-order valence-electron chi connectivity index (χ2n) is 5.49. The van der Waals surface area contributed by atoms with Crippen molar-refractivity contribution in [3.63, 3.8) is 0 Å². The minimum Gasteiger partial charge on any atom is -0.363 e. The van der Waals surface area contributed by atoms with Crippen LogP contribution in [0.5, 0.6) is 0 Å². The van der Waals surface area contributed by atoms with Crippen LogP contribution in [-0.2, 0) is 21.4 Å². The molecule has 0 saturated carbocycles. The molecule has 2 aliphatic heterocycles. The number of hydrogen-bond donors (Lipinski definition) is 1. The lowest BCUT2D eigenvalue weighted by molar-refractivity contribution is -0.135. The molecule has 17 heavy (non-hydrogen) atoms. The fourth-order valence-electron chi connectivity index (χ4n) is 2.80. The zero-order chi connectivity index (χ0) is 12.0. The number of hydrogen-bond acceptors (Lipinski definition) is 2. The van der Waals surface area contributed by atoms with E-state index in [9.17, 15) is 4.79 Å². The number of amides is 1. The average molecular weight is 231 g/mol. The Morgan fingerprint density at radius 1 is 1.41 bits per heavy atom. The van der Waals surface area contributed by atoms with E-state index >= 15 is 0 Å². The lowest BCUT2D eigenvalue weighted by Crippen LogP contribution is -2.38. The van der Waals surface area contributed by atoms with Gasteiger partial charge in [-0.3, -0.25) is 4.79 Å². The van der Waals surface area contributed by atoms with Crippen molar-refractivity contribution in [3.05, 3.63) is 34.9 Å². The van der Waals surface area contributed by atoms with E-state index in [-0.39, 0.29) is 11.3 Å². The summed E-state index contributed by atoms with van der Waals surface area (Å²) in [5.41, 5.74) is 3.62. The molecule has 0 aromatic heterocycles. The number of carbonyl (C=O) groups excluding carboxylic acids is 1. The molecule has 0 radical (unpaired) electrons. The Balaban J connectivity index is 2.23. The number of carbonyl (C=O) groups is 1. The van der Waals surface area contributed by atoms with Gasteiger partial charge in [-0.05, 0) is 23.1 Å². The van der Waals surface area contributed by atoms with Crippen LogP contribution in [0.3, 0.4) is 0 Å². The highest BCUT2D eigenvalue weighted by molar-refractivity contribution is 5.84. The quantitative estimate of drug-likeness (QED) is 0.738. The van der Waals surface area contributed by atoms with E-state index in [1.165, 1.54) is 11.1 Å². The summed E-state index contributed by atoms with van der Waals surface area (Å²) >= 11 is 0. The third-order valence-corrected chi connectivity index (χ3v) is 3.73. The van der Waals surface area contributed by atoms with E-state index in [2.05, 4.69) is 37.4 Å². The van der Waals surface area contributed by atoms with Gasteiger partial charge in [0.1, 0.15) is 0 Å². The highest BCUT2D eigenvalue weighted by Crippen LogP contribution is 2.40. The Hall–Kier alpha value is -1.35. The van der Waals surface area contributed by atoms with Crippen LogP contribution in [0, 0.1) is 0 Å². The Labute approximate surface area is 101 Å². The van der Waals surface area contributed by atoms with Crippen LogP contribution in [0.2, 0.25) is 0 Å². The predicted octanol–water partition coefficient (Wildman–Crippen LogP) is 1.71. The summed E-state index contributed by atoms with van der Waals surface area (Å²) < 4.78 is 5.78. The highest BCUT2D eigenvalue weighted by Gasteiger charge is 2.39. The van der Waals surface area contributed by atoms with Crippen molar-refractivity contribution >= 4 is 5.91 Å². The number of ether oxygens (including phenoxy) is 1. The molecule has 90 valence electrons. The van der Waals surface area contributed by atoms with Crippen molar-refractivity contribution in [3.8, 4) is 0 Å². The molecule has 1 aromatic carbocycles. The van der Waals surface area contributed by atoms with Crippen molar-refractivity contribution < 1.29 is 9.53 Å². The Morgan fingerprint density at radius 3 is 3.06 bits per heavy atom. The third kappa shape index (κ3) is 1.57. The normalized spacial score (nSPS) is 25.8. The second-order valence-corrected chi connectivity index (χ2v) is 5.49. The predicted molar refractivity (Wildman–Crippen MR) is 64.9 cm³/mol. The number of nitrogens with one attached hydrogen (secondary N) is 1. The fourth-order valence-corrected chi connectivity index (χ4v) is 2.80. The summed E-state index contributed by atoms with van der Waals surface area (Å²) in [6.07, 6.45) is 0.488. The lowest BCUT2D eigenvalue weighted by Gasteiger charge is -2.36. The van der Waals surface area contributed by atoms with E-state index < -0.39 is 6.10 Å². The summed E-state index contributed by atoms with van der Waals surface area (Å²) in [5.74, 6) is 0.00620. The van der Waals surface area contributed by atoms with Crippen molar-refractivity contribution in [2.24, 2.45) is 0 Å². The van der Waals surface area contributed by atoms with E-state index in [4.69, 9.17) is 4.74 Å². The maximum atomic E-state index is 12.0. The minimum atomic E-state index is -0.406. The van der Waals surface area contributed by atoms with Gasteiger partial charge in [0.25, 0.3) is 5.91 Å². The molecule has 1 aromatic rings. The summed E-state index contributed by atoms with van der Waals surface area (Å²) in [6.45, 7) is 5.64. The monoisotopic (exact) mass is 231 g/mol. The van der Waals surface area contributed by atoms with Gasteiger partial charge in [0.05, 0.1) is 6.61 Å². The van der Waals surface area contributed by atoms with Crippen LogP contribution in [0.4, 0.5) is 0 Å². The van der Waals surface area contributed by atoms with Crippen LogP contribution < -0.4 is 5.32 Å². The minimum absolute atomic E-state index is 0.00620. The van der Waals surface area contributed by atoms with Crippen molar-refractivity contribution in [2.45, 2.75) is 31.8 Å². The number of rotatable bonds is 0. The maximum Gasteiger partial charge on any atom is 0.253 e. The van der Waals surface area contributed by atoms with Crippen molar-refractivity contribution in [1.29, 1.82) is 0 Å².